The minimum absolute atomic E-state index is 0.886. The second kappa shape index (κ2) is 28.2. The van der Waals surface area contributed by atoms with E-state index in [9.17, 15) is 0 Å². The van der Waals surface area contributed by atoms with Crippen LogP contribution >= 0.6 is 11.6 Å². The Kier molecular flexibility index (Phi) is 24.8. The molecule has 260 valence electrons. The molecule has 0 aliphatic rings. The number of benzene rings is 1. The number of hydrogen-bond donors (Lipinski definition) is 0. The zero-order chi connectivity index (χ0) is 32.9. The van der Waals surface area contributed by atoms with Crippen molar-refractivity contribution in [1.29, 1.82) is 0 Å². The molecule has 0 saturated heterocycles. The number of unbranched alkanes of at least 4 members (excludes halogenated alkanes) is 22. The molecule has 0 atom stereocenters. The summed E-state index contributed by atoms with van der Waals surface area (Å²) in [5, 5.41) is 0.886. The summed E-state index contributed by atoms with van der Waals surface area (Å²) < 4.78 is 2.19. The molecule has 2 aromatic rings. The Balaban J connectivity index is 1.78. The maximum absolute atomic E-state index is 6.97. The van der Waals surface area contributed by atoms with E-state index in [1.54, 1.807) is 0 Å². The number of aromatic nitrogens is 1. The first-order chi connectivity index (χ1) is 22.7. The van der Waals surface area contributed by atoms with Crippen molar-refractivity contribution in [3.05, 3.63) is 58.9 Å². The van der Waals surface area contributed by atoms with Crippen LogP contribution in [0.15, 0.2) is 42.7 Å². The summed E-state index contributed by atoms with van der Waals surface area (Å²) in [5.41, 5.74) is 3.59. The van der Waals surface area contributed by atoms with Crippen LogP contribution in [-0.2, 0) is 6.54 Å². The molecule has 2 nitrogen and oxygen atoms in total. The first kappa shape index (κ1) is 40.4. The highest BCUT2D eigenvalue weighted by Gasteiger charge is 2.11. The van der Waals surface area contributed by atoms with Crippen LogP contribution in [0.5, 0.6) is 0 Å². The van der Waals surface area contributed by atoms with Crippen LogP contribution in [0.1, 0.15) is 186 Å². The standard InChI is InChI=1S/C43H72ClN2/c1-4-7-9-11-13-15-17-19-21-23-25-27-35-46(36-28-26-24-22-20-18-16-14-12-10-8-5-2)43-32-31-41(39-42(43)44)30-29-40-33-37-45(6-3)38-34-40/h29-34,37-39H,4-28,35-36H2,1-3H3/q+1. The van der Waals surface area contributed by atoms with Gasteiger partial charge in [0.1, 0.15) is 6.54 Å². The average Bonchev–Trinajstić information content (AvgIpc) is 3.07. The number of hydrogen-bond acceptors (Lipinski definition) is 1. The van der Waals surface area contributed by atoms with Gasteiger partial charge >= 0.3 is 0 Å². The molecule has 0 unspecified atom stereocenters. The summed E-state index contributed by atoms with van der Waals surface area (Å²) in [5.74, 6) is 0. The summed E-state index contributed by atoms with van der Waals surface area (Å²) in [6.45, 7) is 10.00. The van der Waals surface area contributed by atoms with E-state index in [4.69, 9.17) is 11.6 Å². The van der Waals surface area contributed by atoms with Crippen molar-refractivity contribution in [3.8, 4) is 0 Å². The van der Waals surface area contributed by atoms with Crippen LogP contribution < -0.4 is 9.47 Å². The zero-order valence-corrected chi connectivity index (χ0v) is 31.3. The van der Waals surface area contributed by atoms with Gasteiger partial charge in [-0.3, -0.25) is 0 Å². The predicted octanol–water partition coefficient (Wildman–Crippen LogP) is 14.0. The fourth-order valence-corrected chi connectivity index (χ4v) is 6.82. The van der Waals surface area contributed by atoms with Gasteiger partial charge in [0.2, 0.25) is 0 Å². The molecular formula is C43H72ClN2+. The molecule has 1 aromatic heterocycles. The van der Waals surface area contributed by atoms with Crippen molar-refractivity contribution in [3.63, 3.8) is 0 Å². The topological polar surface area (TPSA) is 7.12 Å². The quantitative estimate of drug-likeness (QED) is 0.0602. The molecular weight excluding hydrogens is 580 g/mol. The molecule has 46 heavy (non-hydrogen) atoms. The van der Waals surface area contributed by atoms with Gasteiger partial charge in [0, 0.05) is 25.2 Å². The monoisotopic (exact) mass is 652 g/mol. The fraction of sp³-hybridized carbons (Fsp3) is 0.698. The summed E-state index contributed by atoms with van der Waals surface area (Å²) in [6.07, 6.45) is 42.1. The molecule has 0 radical (unpaired) electrons. The molecule has 0 aliphatic carbocycles. The molecule has 1 heterocycles. The minimum Gasteiger partial charge on any atom is -0.370 e. The lowest BCUT2D eigenvalue weighted by atomic mass is 10.0. The number of aryl methyl sites for hydroxylation is 1. The largest absolute Gasteiger partial charge is 0.370 e. The Morgan fingerprint density at radius 3 is 1.28 bits per heavy atom. The Labute approximate surface area is 291 Å². The lowest BCUT2D eigenvalue weighted by Crippen LogP contribution is -2.30. The van der Waals surface area contributed by atoms with Gasteiger partial charge in [-0.05, 0) is 43.0 Å². The highest BCUT2D eigenvalue weighted by Crippen LogP contribution is 2.29. The van der Waals surface area contributed by atoms with E-state index in [0.717, 1.165) is 30.2 Å². The maximum atomic E-state index is 6.97. The van der Waals surface area contributed by atoms with Gasteiger partial charge < -0.3 is 4.90 Å². The SMILES string of the molecule is CCCCCCCCCCCCCCN(CCCCCCCCCCCCCC)c1ccc(/C=C/c2cc[n+](CC)cc2)cc1Cl. The number of rotatable bonds is 30. The van der Waals surface area contributed by atoms with E-state index in [1.165, 1.54) is 165 Å². The minimum atomic E-state index is 0.886. The van der Waals surface area contributed by atoms with Gasteiger partial charge in [0.05, 0.1) is 10.7 Å². The number of nitrogens with zero attached hydrogens (tertiary/aromatic N) is 2. The smallest absolute Gasteiger partial charge is 0.169 e. The first-order valence-corrected chi connectivity index (χ1v) is 20.3. The van der Waals surface area contributed by atoms with Crippen molar-refractivity contribution < 1.29 is 4.57 Å². The number of halogens is 1. The Morgan fingerprint density at radius 2 is 0.891 bits per heavy atom. The van der Waals surface area contributed by atoms with Gasteiger partial charge in [0.15, 0.2) is 12.4 Å². The highest BCUT2D eigenvalue weighted by molar-refractivity contribution is 6.33. The van der Waals surface area contributed by atoms with Gasteiger partial charge in [-0.2, -0.15) is 0 Å². The lowest BCUT2D eigenvalue weighted by Gasteiger charge is -2.26. The van der Waals surface area contributed by atoms with E-state index in [2.05, 4.69) is 85.1 Å². The molecule has 0 N–H and O–H groups in total. The summed E-state index contributed by atoms with van der Waals surface area (Å²) >= 11 is 6.97. The van der Waals surface area contributed by atoms with Crippen molar-refractivity contribution in [2.45, 2.75) is 181 Å². The molecule has 0 fully saturated rings. The van der Waals surface area contributed by atoms with Gasteiger partial charge in [-0.15, -0.1) is 0 Å². The lowest BCUT2D eigenvalue weighted by molar-refractivity contribution is -0.693. The third kappa shape index (κ3) is 19.8. The van der Waals surface area contributed by atoms with Gasteiger partial charge in [-0.1, -0.05) is 185 Å². The third-order valence-electron chi connectivity index (χ3n) is 9.63. The number of pyridine rings is 1. The van der Waals surface area contributed by atoms with E-state index in [0.29, 0.717) is 0 Å². The Hall–Kier alpha value is -1.80. The Bertz CT molecular complexity index is 970. The fourth-order valence-electron chi connectivity index (χ4n) is 6.51. The summed E-state index contributed by atoms with van der Waals surface area (Å²) in [6, 6.07) is 11.0. The molecule has 1 aromatic carbocycles. The van der Waals surface area contributed by atoms with E-state index in [1.807, 2.05) is 0 Å². The van der Waals surface area contributed by atoms with Crippen molar-refractivity contribution >= 4 is 29.4 Å². The van der Waals surface area contributed by atoms with Crippen molar-refractivity contribution in [1.82, 2.24) is 0 Å². The number of anilines is 1. The van der Waals surface area contributed by atoms with Crippen LogP contribution in [0.3, 0.4) is 0 Å². The van der Waals surface area contributed by atoms with Crippen molar-refractivity contribution in [2.24, 2.45) is 0 Å². The normalized spacial score (nSPS) is 11.6. The molecule has 0 aliphatic heterocycles. The average molecular weight is 653 g/mol. The highest BCUT2D eigenvalue weighted by atomic mass is 35.5. The molecule has 2 rings (SSSR count). The summed E-state index contributed by atoms with van der Waals surface area (Å²) in [4.78, 5) is 2.59. The molecule has 0 spiro atoms. The predicted molar refractivity (Wildman–Crippen MR) is 207 cm³/mol. The first-order valence-electron chi connectivity index (χ1n) is 19.9. The van der Waals surface area contributed by atoms with Crippen LogP contribution in [-0.4, -0.2) is 13.1 Å². The van der Waals surface area contributed by atoms with E-state index >= 15 is 0 Å². The third-order valence-corrected chi connectivity index (χ3v) is 9.93. The van der Waals surface area contributed by atoms with Crippen molar-refractivity contribution in [2.75, 3.05) is 18.0 Å². The van der Waals surface area contributed by atoms with Gasteiger partial charge in [-0.25, -0.2) is 4.57 Å². The van der Waals surface area contributed by atoms with Crippen LogP contribution in [0.4, 0.5) is 5.69 Å². The zero-order valence-electron chi connectivity index (χ0n) is 30.6. The maximum Gasteiger partial charge on any atom is 0.169 e. The van der Waals surface area contributed by atoms with Gasteiger partial charge in [0.25, 0.3) is 0 Å². The molecule has 0 bridgehead atoms. The summed E-state index contributed by atoms with van der Waals surface area (Å²) in [7, 11) is 0. The molecule has 0 amide bonds. The van der Waals surface area contributed by atoms with Crippen LogP contribution in [0, 0.1) is 0 Å². The molecule has 0 saturated carbocycles. The Morgan fingerprint density at radius 1 is 0.500 bits per heavy atom. The van der Waals surface area contributed by atoms with Crippen LogP contribution in [0.25, 0.3) is 12.2 Å². The van der Waals surface area contributed by atoms with E-state index in [-0.39, 0.29) is 0 Å². The van der Waals surface area contributed by atoms with E-state index < -0.39 is 0 Å². The second-order valence-electron chi connectivity index (χ2n) is 13.8. The molecule has 3 heteroatoms. The van der Waals surface area contributed by atoms with Crippen LogP contribution in [0.2, 0.25) is 5.02 Å². The second-order valence-corrected chi connectivity index (χ2v) is 14.2.